The van der Waals surface area contributed by atoms with Crippen molar-refractivity contribution < 1.29 is 13.9 Å². The predicted octanol–water partition coefficient (Wildman–Crippen LogP) is 1.79. The van der Waals surface area contributed by atoms with Crippen molar-refractivity contribution in [2.45, 2.75) is 24.9 Å². The lowest BCUT2D eigenvalue weighted by atomic mass is 10.0. The van der Waals surface area contributed by atoms with Crippen molar-refractivity contribution >= 4 is 5.97 Å². The van der Waals surface area contributed by atoms with E-state index in [2.05, 4.69) is 10.1 Å². The Labute approximate surface area is 93.6 Å². The summed E-state index contributed by atoms with van der Waals surface area (Å²) in [7, 11) is 1.36. The first-order chi connectivity index (χ1) is 7.72. The normalized spacial score (nSPS) is 24.4. The number of methoxy groups -OCH3 is 1. The van der Waals surface area contributed by atoms with Gasteiger partial charge in [-0.3, -0.25) is 10.1 Å². The fourth-order valence-corrected chi connectivity index (χ4v) is 2.07. The van der Waals surface area contributed by atoms with Crippen LogP contribution in [-0.4, -0.2) is 19.1 Å². The molecule has 1 aliphatic rings. The van der Waals surface area contributed by atoms with E-state index in [0.717, 1.165) is 6.42 Å². The van der Waals surface area contributed by atoms with Crippen LogP contribution in [0.3, 0.4) is 0 Å². The largest absolute Gasteiger partial charge is 0.468 e. The molecule has 2 rings (SSSR count). The third kappa shape index (κ3) is 2.07. The lowest BCUT2D eigenvalue weighted by Gasteiger charge is -2.13. The van der Waals surface area contributed by atoms with Gasteiger partial charge >= 0.3 is 5.97 Å². The van der Waals surface area contributed by atoms with Gasteiger partial charge in [0.2, 0.25) is 0 Å². The molecule has 1 aromatic carbocycles. The number of hydrogen-bond donors (Lipinski definition) is 1. The zero-order valence-corrected chi connectivity index (χ0v) is 9.07. The van der Waals surface area contributed by atoms with Crippen LogP contribution >= 0.6 is 0 Å². The maximum absolute atomic E-state index is 13.5. The van der Waals surface area contributed by atoms with Gasteiger partial charge in [0.05, 0.1) is 7.11 Å². The van der Waals surface area contributed by atoms with E-state index in [-0.39, 0.29) is 23.9 Å². The average Bonchev–Trinajstić information content (AvgIpc) is 2.78. The molecule has 0 bridgehead atoms. The minimum atomic E-state index is -0.311. The molecule has 2 unspecified atom stereocenters. The number of esters is 1. The van der Waals surface area contributed by atoms with Crippen molar-refractivity contribution in [2.24, 2.45) is 0 Å². The molecule has 0 radical (unpaired) electrons. The van der Waals surface area contributed by atoms with E-state index in [1.807, 2.05) is 0 Å². The molecule has 1 heterocycles. The predicted molar refractivity (Wildman–Crippen MR) is 57.3 cm³/mol. The molecule has 1 saturated heterocycles. The smallest absolute Gasteiger partial charge is 0.322 e. The molecule has 0 aromatic heterocycles. The summed E-state index contributed by atoms with van der Waals surface area (Å²) in [5.74, 6) is -0.510. The van der Waals surface area contributed by atoms with Gasteiger partial charge in [-0.15, -0.1) is 0 Å². The number of halogens is 1. The van der Waals surface area contributed by atoms with E-state index >= 15 is 0 Å². The van der Waals surface area contributed by atoms with Crippen LogP contribution in [-0.2, 0) is 9.53 Å². The van der Waals surface area contributed by atoms with Gasteiger partial charge < -0.3 is 4.74 Å². The van der Waals surface area contributed by atoms with Crippen LogP contribution in [0.4, 0.5) is 4.39 Å². The second-order valence-electron chi connectivity index (χ2n) is 3.89. The summed E-state index contributed by atoms with van der Waals surface area (Å²) >= 11 is 0. The molecule has 1 fully saturated rings. The minimum absolute atomic E-state index is 0.0923. The zero-order valence-electron chi connectivity index (χ0n) is 9.07. The van der Waals surface area contributed by atoms with Gasteiger partial charge in [0.15, 0.2) is 0 Å². The number of carbonyl (C=O) groups excluding carboxylic acids is 1. The van der Waals surface area contributed by atoms with Crippen molar-refractivity contribution in [3.8, 4) is 0 Å². The average molecular weight is 223 g/mol. The number of carbonyl (C=O) groups is 1. The van der Waals surface area contributed by atoms with E-state index in [4.69, 9.17) is 0 Å². The molecule has 0 saturated carbocycles. The second kappa shape index (κ2) is 4.61. The Morgan fingerprint density at radius 3 is 2.88 bits per heavy atom. The van der Waals surface area contributed by atoms with Crippen LogP contribution in [0, 0.1) is 5.82 Å². The standard InChI is InChI=1S/C12H14FNO2/c1-16-12(15)11-7-6-10(14-11)8-4-2-3-5-9(8)13/h2-5,10-11,14H,6-7H2,1H3. The molecule has 0 aliphatic carbocycles. The van der Waals surface area contributed by atoms with E-state index < -0.39 is 0 Å². The molecule has 0 amide bonds. The Morgan fingerprint density at radius 2 is 2.19 bits per heavy atom. The van der Waals surface area contributed by atoms with Crippen LogP contribution < -0.4 is 5.32 Å². The van der Waals surface area contributed by atoms with Gasteiger partial charge in [-0.25, -0.2) is 4.39 Å². The number of ether oxygens (including phenoxy) is 1. The zero-order chi connectivity index (χ0) is 11.5. The highest BCUT2D eigenvalue weighted by Crippen LogP contribution is 2.28. The van der Waals surface area contributed by atoms with Gasteiger partial charge in [0.1, 0.15) is 11.9 Å². The number of hydrogen-bond acceptors (Lipinski definition) is 3. The van der Waals surface area contributed by atoms with E-state index in [0.29, 0.717) is 12.0 Å². The van der Waals surface area contributed by atoms with Crippen LogP contribution in [0.1, 0.15) is 24.4 Å². The molecule has 1 aromatic rings. The molecule has 1 N–H and O–H groups in total. The summed E-state index contributed by atoms with van der Waals surface area (Å²) in [6.45, 7) is 0. The monoisotopic (exact) mass is 223 g/mol. The SMILES string of the molecule is COC(=O)C1CCC(c2ccccc2F)N1. The van der Waals surface area contributed by atoms with Crippen molar-refractivity contribution in [3.63, 3.8) is 0 Å². The molecule has 4 heteroatoms. The fraction of sp³-hybridized carbons (Fsp3) is 0.417. The summed E-state index contributed by atoms with van der Waals surface area (Å²) in [6.07, 6.45) is 1.44. The van der Waals surface area contributed by atoms with Crippen LogP contribution in [0.2, 0.25) is 0 Å². The number of rotatable bonds is 2. The molecular formula is C12H14FNO2. The minimum Gasteiger partial charge on any atom is -0.468 e. The number of benzene rings is 1. The Morgan fingerprint density at radius 1 is 1.44 bits per heavy atom. The van der Waals surface area contributed by atoms with Crippen molar-refractivity contribution in [1.82, 2.24) is 5.32 Å². The molecule has 16 heavy (non-hydrogen) atoms. The van der Waals surface area contributed by atoms with Crippen molar-refractivity contribution in [2.75, 3.05) is 7.11 Å². The fourth-order valence-electron chi connectivity index (χ4n) is 2.07. The number of nitrogens with one attached hydrogen (secondary N) is 1. The van der Waals surface area contributed by atoms with Crippen molar-refractivity contribution in [3.05, 3.63) is 35.6 Å². The third-order valence-electron chi connectivity index (χ3n) is 2.91. The maximum atomic E-state index is 13.5. The maximum Gasteiger partial charge on any atom is 0.322 e. The summed E-state index contributed by atoms with van der Waals surface area (Å²) < 4.78 is 18.1. The quantitative estimate of drug-likeness (QED) is 0.777. The summed E-state index contributed by atoms with van der Waals surface area (Å²) in [4.78, 5) is 11.3. The Bertz CT molecular complexity index is 394. The first-order valence-corrected chi connectivity index (χ1v) is 5.30. The Kier molecular flexibility index (Phi) is 3.19. The third-order valence-corrected chi connectivity index (χ3v) is 2.91. The molecular weight excluding hydrogens is 209 g/mol. The topological polar surface area (TPSA) is 38.3 Å². The first-order valence-electron chi connectivity index (χ1n) is 5.30. The highest BCUT2D eigenvalue weighted by atomic mass is 19.1. The van der Waals surface area contributed by atoms with E-state index in [1.165, 1.54) is 13.2 Å². The lowest BCUT2D eigenvalue weighted by Crippen LogP contribution is -2.33. The van der Waals surface area contributed by atoms with Crippen LogP contribution in [0.15, 0.2) is 24.3 Å². The lowest BCUT2D eigenvalue weighted by molar-refractivity contribution is -0.142. The van der Waals surface area contributed by atoms with Gasteiger partial charge in [-0.2, -0.15) is 0 Å². The molecule has 86 valence electrons. The summed E-state index contributed by atoms with van der Waals surface area (Å²) in [5, 5.41) is 3.08. The molecule has 3 nitrogen and oxygen atoms in total. The van der Waals surface area contributed by atoms with Gasteiger partial charge in [0, 0.05) is 11.6 Å². The molecule has 1 aliphatic heterocycles. The second-order valence-corrected chi connectivity index (χ2v) is 3.89. The van der Waals surface area contributed by atoms with Gasteiger partial charge in [-0.05, 0) is 18.9 Å². The molecule has 2 atom stereocenters. The van der Waals surface area contributed by atoms with Gasteiger partial charge in [0.25, 0.3) is 0 Å². The highest BCUT2D eigenvalue weighted by molar-refractivity contribution is 5.76. The van der Waals surface area contributed by atoms with Crippen molar-refractivity contribution in [1.29, 1.82) is 0 Å². The Hall–Kier alpha value is -1.42. The molecule has 0 spiro atoms. The summed E-state index contributed by atoms with van der Waals surface area (Å²) in [6, 6.07) is 6.23. The van der Waals surface area contributed by atoms with Gasteiger partial charge in [-0.1, -0.05) is 18.2 Å². The van der Waals surface area contributed by atoms with Crippen LogP contribution in [0.5, 0.6) is 0 Å². The Balaban J connectivity index is 2.09. The highest BCUT2D eigenvalue weighted by Gasteiger charge is 2.31. The first kappa shape index (κ1) is 11.1. The summed E-state index contributed by atoms with van der Waals surface area (Å²) in [5.41, 5.74) is 0.619. The van der Waals surface area contributed by atoms with E-state index in [1.54, 1.807) is 18.2 Å². The van der Waals surface area contributed by atoms with E-state index in [9.17, 15) is 9.18 Å². The van der Waals surface area contributed by atoms with Crippen LogP contribution in [0.25, 0.3) is 0 Å².